The van der Waals surface area contributed by atoms with Gasteiger partial charge in [0.2, 0.25) is 0 Å². The van der Waals surface area contributed by atoms with Crippen LogP contribution in [0, 0.1) is 0 Å². The molecule has 1 aromatic heterocycles. The first kappa shape index (κ1) is 13.0. The van der Waals surface area contributed by atoms with Gasteiger partial charge in [-0.25, -0.2) is 0 Å². The van der Waals surface area contributed by atoms with Crippen LogP contribution in [0.25, 0.3) is 0 Å². The maximum Gasteiger partial charge on any atom is 0.174 e. The molecule has 0 bridgehead atoms. The minimum atomic E-state index is -0.385. The second-order valence-electron chi connectivity index (χ2n) is 3.70. The predicted molar refractivity (Wildman–Crippen MR) is 72.0 cm³/mol. The van der Waals surface area contributed by atoms with Crippen molar-refractivity contribution in [2.45, 2.75) is 6.04 Å². The Balaban J connectivity index is 2.52. The van der Waals surface area contributed by atoms with Crippen molar-refractivity contribution in [3.05, 3.63) is 46.3 Å². The zero-order valence-electron chi connectivity index (χ0n) is 10.1. The summed E-state index contributed by atoms with van der Waals surface area (Å²) in [5.41, 5.74) is 7.91. The fourth-order valence-electron chi connectivity index (χ4n) is 1.87. The first-order valence-corrected chi connectivity index (χ1v) is 6.17. The van der Waals surface area contributed by atoms with Crippen molar-refractivity contribution in [2.24, 2.45) is 5.73 Å². The lowest BCUT2D eigenvalue weighted by molar-refractivity contribution is 0.382. The van der Waals surface area contributed by atoms with Gasteiger partial charge in [0, 0.05) is 5.56 Å². The van der Waals surface area contributed by atoms with Crippen LogP contribution in [-0.2, 0) is 0 Å². The molecule has 0 amide bonds. The molecule has 0 aliphatic rings. The van der Waals surface area contributed by atoms with E-state index in [0.717, 1.165) is 11.1 Å². The summed E-state index contributed by atoms with van der Waals surface area (Å²) in [7, 11) is 3.21. The highest BCUT2D eigenvalue weighted by molar-refractivity contribution is 9.10. The van der Waals surface area contributed by atoms with Gasteiger partial charge in [-0.1, -0.05) is 6.07 Å². The third-order valence-electron chi connectivity index (χ3n) is 2.76. The predicted octanol–water partition coefficient (Wildman–Crippen LogP) is 3.11. The van der Waals surface area contributed by atoms with Crippen LogP contribution in [0.4, 0.5) is 0 Å². The van der Waals surface area contributed by atoms with Gasteiger partial charge in [-0.05, 0) is 34.1 Å². The van der Waals surface area contributed by atoms with Gasteiger partial charge < -0.3 is 19.6 Å². The van der Waals surface area contributed by atoms with Crippen LogP contribution in [0.1, 0.15) is 17.2 Å². The van der Waals surface area contributed by atoms with Crippen LogP contribution < -0.4 is 15.2 Å². The van der Waals surface area contributed by atoms with Crippen LogP contribution >= 0.6 is 15.9 Å². The standard InChI is InChI=1S/C13H14BrNO3/c1-16-9-4-3-5-10(17-2)11(9)12(15)8-6-7-18-13(8)14/h3-7,12H,15H2,1-2H3. The van der Waals surface area contributed by atoms with Gasteiger partial charge in [0.25, 0.3) is 0 Å². The van der Waals surface area contributed by atoms with Crippen LogP contribution in [0.3, 0.4) is 0 Å². The summed E-state index contributed by atoms with van der Waals surface area (Å²) >= 11 is 3.33. The Labute approximate surface area is 114 Å². The maximum atomic E-state index is 6.26. The molecule has 1 unspecified atom stereocenters. The Morgan fingerprint density at radius 3 is 2.22 bits per heavy atom. The molecule has 0 aliphatic heterocycles. The normalized spacial score (nSPS) is 12.2. The highest BCUT2D eigenvalue weighted by Crippen LogP contribution is 2.38. The summed E-state index contributed by atoms with van der Waals surface area (Å²) in [6.45, 7) is 0. The van der Waals surface area contributed by atoms with Crippen molar-refractivity contribution < 1.29 is 13.9 Å². The molecule has 1 atom stereocenters. The first-order valence-electron chi connectivity index (χ1n) is 5.38. The molecule has 0 spiro atoms. The highest BCUT2D eigenvalue weighted by Gasteiger charge is 2.22. The molecular formula is C13H14BrNO3. The fourth-order valence-corrected chi connectivity index (χ4v) is 2.36. The van der Waals surface area contributed by atoms with Crippen molar-refractivity contribution in [1.29, 1.82) is 0 Å². The van der Waals surface area contributed by atoms with Crippen molar-refractivity contribution in [2.75, 3.05) is 14.2 Å². The van der Waals surface area contributed by atoms with E-state index in [1.807, 2.05) is 24.3 Å². The molecule has 0 saturated heterocycles. The van der Waals surface area contributed by atoms with Crippen LogP contribution in [0.5, 0.6) is 11.5 Å². The van der Waals surface area contributed by atoms with E-state index in [1.54, 1.807) is 20.5 Å². The molecule has 0 radical (unpaired) electrons. The monoisotopic (exact) mass is 311 g/mol. The smallest absolute Gasteiger partial charge is 0.174 e. The number of furan rings is 1. The lowest BCUT2D eigenvalue weighted by Crippen LogP contribution is -2.14. The van der Waals surface area contributed by atoms with Gasteiger partial charge in [0.05, 0.1) is 32.1 Å². The Kier molecular flexibility index (Phi) is 3.93. The molecule has 4 nitrogen and oxygen atoms in total. The number of methoxy groups -OCH3 is 2. The first-order chi connectivity index (χ1) is 8.69. The summed E-state index contributed by atoms with van der Waals surface area (Å²) in [6.07, 6.45) is 1.58. The summed E-state index contributed by atoms with van der Waals surface area (Å²) < 4.78 is 16.5. The van der Waals surface area contributed by atoms with Crippen molar-refractivity contribution in [3.8, 4) is 11.5 Å². The SMILES string of the molecule is COc1cccc(OC)c1C(N)c1ccoc1Br. The van der Waals surface area contributed by atoms with E-state index < -0.39 is 0 Å². The molecule has 0 fully saturated rings. The number of ether oxygens (including phenoxy) is 2. The molecule has 1 aromatic carbocycles. The van der Waals surface area contributed by atoms with E-state index >= 15 is 0 Å². The molecule has 96 valence electrons. The van der Waals surface area contributed by atoms with E-state index in [9.17, 15) is 0 Å². The molecular weight excluding hydrogens is 298 g/mol. The minimum absolute atomic E-state index is 0.385. The van der Waals surface area contributed by atoms with Gasteiger partial charge in [0.15, 0.2) is 4.67 Å². The van der Waals surface area contributed by atoms with E-state index in [2.05, 4.69) is 15.9 Å². The summed E-state index contributed by atoms with van der Waals surface area (Å²) in [5.74, 6) is 1.38. The largest absolute Gasteiger partial charge is 0.496 e. The van der Waals surface area contributed by atoms with E-state index in [4.69, 9.17) is 19.6 Å². The number of halogens is 1. The van der Waals surface area contributed by atoms with Gasteiger partial charge in [0.1, 0.15) is 11.5 Å². The Morgan fingerprint density at radius 2 is 1.78 bits per heavy atom. The highest BCUT2D eigenvalue weighted by atomic mass is 79.9. The number of hydrogen-bond acceptors (Lipinski definition) is 4. The Hall–Kier alpha value is -1.46. The Bertz CT molecular complexity index is 517. The number of hydrogen-bond donors (Lipinski definition) is 1. The third-order valence-corrected chi connectivity index (χ3v) is 3.40. The third kappa shape index (κ3) is 2.23. The summed E-state index contributed by atoms with van der Waals surface area (Å²) in [4.78, 5) is 0. The molecule has 2 rings (SSSR count). The van der Waals surface area contributed by atoms with Crippen LogP contribution in [-0.4, -0.2) is 14.2 Å². The quantitative estimate of drug-likeness (QED) is 0.942. The minimum Gasteiger partial charge on any atom is -0.496 e. The molecule has 5 heteroatoms. The average Bonchev–Trinajstić information content (AvgIpc) is 2.83. The van der Waals surface area contributed by atoms with Gasteiger partial charge >= 0.3 is 0 Å². The van der Waals surface area contributed by atoms with E-state index in [1.165, 1.54) is 0 Å². The molecule has 0 aliphatic carbocycles. The molecule has 2 N–H and O–H groups in total. The van der Waals surface area contributed by atoms with Crippen molar-refractivity contribution >= 4 is 15.9 Å². The average molecular weight is 312 g/mol. The second kappa shape index (κ2) is 5.46. The van der Waals surface area contributed by atoms with Crippen LogP contribution in [0.15, 0.2) is 39.6 Å². The summed E-state index contributed by atoms with van der Waals surface area (Å²) in [5, 5.41) is 0. The zero-order chi connectivity index (χ0) is 13.1. The zero-order valence-corrected chi connectivity index (χ0v) is 11.7. The second-order valence-corrected chi connectivity index (χ2v) is 4.42. The molecule has 2 aromatic rings. The maximum absolute atomic E-state index is 6.26. The van der Waals surface area contributed by atoms with Gasteiger partial charge in [-0.15, -0.1) is 0 Å². The van der Waals surface area contributed by atoms with Crippen molar-refractivity contribution in [3.63, 3.8) is 0 Å². The van der Waals surface area contributed by atoms with E-state index in [-0.39, 0.29) is 6.04 Å². The number of benzene rings is 1. The van der Waals surface area contributed by atoms with Crippen LogP contribution in [0.2, 0.25) is 0 Å². The van der Waals surface area contributed by atoms with E-state index in [0.29, 0.717) is 16.2 Å². The van der Waals surface area contributed by atoms with Gasteiger partial charge in [-0.3, -0.25) is 0 Å². The number of rotatable bonds is 4. The molecule has 18 heavy (non-hydrogen) atoms. The Morgan fingerprint density at radius 1 is 1.17 bits per heavy atom. The van der Waals surface area contributed by atoms with Crippen molar-refractivity contribution in [1.82, 2.24) is 0 Å². The lowest BCUT2D eigenvalue weighted by Gasteiger charge is -2.18. The molecule has 1 heterocycles. The fraction of sp³-hybridized carbons (Fsp3) is 0.231. The lowest BCUT2D eigenvalue weighted by atomic mass is 10.00. The van der Waals surface area contributed by atoms with Gasteiger partial charge in [-0.2, -0.15) is 0 Å². The molecule has 0 saturated carbocycles. The summed E-state index contributed by atoms with van der Waals surface area (Å²) in [6, 6.07) is 7.00. The number of nitrogens with two attached hydrogens (primary N) is 1. The topological polar surface area (TPSA) is 57.6 Å².